The molecule has 0 radical (unpaired) electrons. The molecule has 124 valence electrons. The largest absolute Gasteiger partial charge is 0.363 e. The van der Waals surface area contributed by atoms with Crippen LogP contribution in [0.15, 0.2) is 18.3 Å². The van der Waals surface area contributed by atoms with Crippen molar-refractivity contribution in [2.24, 2.45) is 7.05 Å². The summed E-state index contributed by atoms with van der Waals surface area (Å²) < 4.78 is 1.88. The first-order chi connectivity index (χ1) is 10.8. The minimum Gasteiger partial charge on any atom is -0.363 e. The van der Waals surface area contributed by atoms with Crippen LogP contribution in [-0.2, 0) is 13.5 Å². The number of aryl methyl sites for hydroxylation is 2. The van der Waals surface area contributed by atoms with Gasteiger partial charge in [0, 0.05) is 44.6 Å². The average molecular weight is 315 g/mol. The highest BCUT2D eigenvalue weighted by atomic mass is 16.1. The molecule has 23 heavy (non-hydrogen) atoms. The number of rotatable bonds is 5. The molecule has 6 heteroatoms. The van der Waals surface area contributed by atoms with E-state index in [1.165, 1.54) is 5.56 Å². The zero-order valence-corrected chi connectivity index (χ0v) is 14.7. The Morgan fingerprint density at radius 2 is 2.09 bits per heavy atom. The minimum absolute atomic E-state index is 0.0278. The molecule has 1 atom stereocenters. The van der Waals surface area contributed by atoms with Gasteiger partial charge in [0.05, 0.1) is 5.69 Å². The summed E-state index contributed by atoms with van der Waals surface area (Å²) in [5.41, 5.74) is 3.98. The summed E-state index contributed by atoms with van der Waals surface area (Å²) in [5.74, 6) is 0.687. The van der Waals surface area contributed by atoms with Gasteiger partial charge in [-0.25, -0.2) is 4.98 Å². The van der Waals surface area contributed by atoms with E-state index in [1.807, 2.05) is 44.6 Å². The molecule has 2 rings (SSSR count). The van der Waals surface area contributed by atoms with Crippen molar-refractivity contribution in [3.05, 3.63) is 40.8 Å². The van der Waals surface area contributed by atoms with E-state index in [2.05, 4.69) is 22.3 Å². The van der Waals surface area contributed by atoms with Gasteiger partial charge in [0.15, 0.2) is 0 Å². The zero-order valence-electron chi connectivity index (χ0n) is 14.7. The van der Waals surface area contributed by atoms with Crippen molar-refractivity contribution in [2.45, 2.75) is 33.2 Å². The van der Waals surface area contributed by atoms with E-state index in [-0.39, 0.29) is 11.9 Å². The highest BCUT2D eigenvalue weighted by Crippen LogP contribution is 2.15. The Bertz CT molecular complexity index is 705. The summed E-state index contributed by atoms with van der Waals surface area (Å²) in [4.78, 5) is 18.5. The Hall–Kier alpha value is -2.37. The lowest BCUT2D eigenvalue weighted by molar-refractivity contribution is 0.0940. The molecular weight excluding hydrogens is 290 g/mol. The number of nitrogens with one attached hydrogen (secondary N) is 1. The van der Waals surface area contributed by atoms with Crippen LogP contribution in [0.25, 0.3) is 0 Å². The smallest absolute Gasteiger partial charge is 0.251 e. The summed E-state index contributed by atoms with van der Waals surface area (Å²) in [5, 5.41) is 7.47. The SMILES string of the molecule is Cc1nn(C)c(C)c1C[C@H](C)NC(=O)c1ccnc(N(C)C)c1. The third-order valence-corrected chi connectivity index (χ3v) is 4.01. The predicted molar refractivity (Wildman–Crippen MR) is 91.9 cm³/mol. The van der Waals surface area contributed by atoms with E-state index in [9.17, 15) is 4.79 Å². The summed E-state index contributed by atoms with van der Waals surface area (Å²) in [6.07, 6.45) is 2.42. The fourth-order valence-corrected chi connectivity index (χ4v) is 2.58. The third kappa shape index (κ3) is 3.88. The van der Waals surface area contributed by atoms with Gasteiger partial charge in [-0.3, -0.25) is 9.48 Å². The molecule has 2 heterocycles. The number of pyridine rings is 1. The number of nitrogens with zero attached hydrogens (tertiary/aromatic N) is 4. The van der Waals surface area contributed by atoms with Crippen LogP contribution >= 0.6 is 0 Å². The van der Waals surface area contributed by atoms with Gasteiger partial charge in [-0.1, -0.05) is 0 Å². The first-order valence-corrected chi connectivity index (χ1v) is 7.73. The first-order valence-electron chi connectivity index (χ1n) is 7.73. The maximum absolute atomic E-state index is 12.4. The summed E-state index contributed by atoms with van der Waals surface area (Å²) >= 11 is 0. The highest BCUT2D eigenvalue weighted by molar-refractivity contribution is 5.95. The number of hydrogen-bond acceptors (Lipinski definition) is 4. The molecule has 0 aliphatic heterocycles. The summed E-state index contributed by atoms with van der Waals surface area (Å²) in [6, 6.07) is 3.55. The van der Waals surface area contributed by atoms with Crippen molar-refractivity contribution < 1.29 is 4.79 Å². The van der Waals surface area contributed by atoms with Crippen LogP contribution in [-0.4, -0.2) is 40.8 Å². The van der Waals surface area contributed by atoms with Crippen LogP contribution in [0.3, 0.4) is 0 Å². The first kappa shape index (κ1) is 17.0. The molecular formula is C17H25N5O. The van der Waals surface area contributed by atoms with Crippen LogP contribution in [0.1, 0.15) is 34.2 Å². The Kier molecular flexibility index (Phi) is 5.03. The Morgan fingerprint density at radius 3 is 2.65 bits per heavy atom. The molecule has 0 aliphatic carbocycles. The minimum atomic E-state index is -0.0813. The van der Waals surface area contributed by atoms with Crippen molar-refractivity contribution in [1.29, 1.82) is 0 Å². The van der Waals surface area contributed by atoms with Gasteiger partial charge in [-0.15, -0.1) is 0 Å². The van der Waals surface area contributed by atoms with E-state index in [0.717, 1.165) is 23.6 Å². The number of hydrogen-bond donors (Lipinski definition) is 1. The fraction of sp³-hybridized carbons (Fsp3) is 0.471. The van der Waals surface area contributed by atoms with Gasteiger partial charge >= 0.3 is 0 Å². The average Bonchev–Trinajstić information content (AvgIpc) is 2.73. The second kappa shape index (κ2) is 6.81. The number of carbonyl (C=O) groups excluding carboxylic acids is 1. The van der Waals surface area contributed by atoms with E-state index >= 15 is 0 Å². The van der Waals surface area contributed by atoms with Crippen LogP contribution < -0.4 is 10.2 Å². The molecule has 1 amide bonds. The lowest BCUT2D eigenvalue weighted by atomic mass is 10.0. The molecule has 0 bridgehead atoms. The van der Waals surface area contributed by atoms with Gasteiger partial charge in [0.2, 0.25) is 0 Å². The Labute approximate surface area is 137 Å². The van der Waals surface area contributed by atoms with Crippen molar-refractivity contribution in [3.8, 4) is 0 Å². The number of anilines is 1. The molecule has 2 aromatic heterocycles. The molecule has 2 aromatic rings. The third-order valence-electron chi connectivity index (χ3n) is 4.01. The molecule has 0 aromatic carbocycles. The van der Waals surface area contributed by atoms with E-state index in [4.69, 9.17) is 0 Å². The zero-order chi connectivity index (χ0) is 17.1. The maximum Gasteiger partial charge on any atom is 0.251 e. The van der Waals surface area contributed by atoms with Crippen LogP contribution in [0.4, 0.5) is 5.82 Å². The molecule has 1 N–H and O–H groups in total. The van der Waals surface area contributed by atoms with Crippen molar-refractivity contribution in [3.63, 3.8) is 0 Å². The quantitative estimate of drug-likeness (QED) is 0.915. The van der Waals surface area contributed by atoms with Crippen LogP contribution in [0, 0.1) is 13.8 Å². The normalized spacial score (nSPS) is 12.1. The lowest BCUT2D eigenvalue weighted by Gasteiger charge is -2.16. The molecule has 0 aliphatic rings. The van der Waals surface area contributed by atoms with Gasteiger partial charge in [-0.05, 0) is 44.9 Å². The second-order valence-electron chi connectivity index (χ2n) is 6.15. The molecule has 0 unspecified atom stereocenters. The Balaban J connectivity index is 2.06. The second-order valence-corrected chi connectivity index (χ2v) is 6.15. The fourth-order valence-electron chi connectivity index (χ4n) is 2.58. The van der Waals surface area contributed by atoms with Gasteiger partial charge < -0.3 is 10.2 Å². The molecule has 0 saturated carbocycles. The highest BCUT2D eigenvalue weighted by Gasteiger charge is 2.16. The molecule has 0 spiro atoms. The molecule has 0 fully saturated rings. The number of amides is 1. The van der Waals surface area contributed by atoms with Crippen molar-refractivity contribution in [1.82, 2.24) is 20.1 Å². The van der Waals surface area contributed by atoms with Gasteiger partial charge in [0.25, 0.3) is 5.91 Å². The number of carbonyl (C=O) groups is 1. The molecule has 0 saturated heterocycles. The van der Waals surface area contributed by atoms with Gasteiger partial charge in [-0.2, -0.15) is 5.10 Å². The lowest BCUT2D eigenvalue weighted by Crippen LogP contribution is -2.34. The topological polar surface area (TPSA) is 63.1 Å². The molecule has 6 nitrogen and oxygen atoms in total. The van der Waals surface area contributed by atoms with Crippen LogP contribution in [0.5, 0.6) is 0 Å². The van der Waals surface area contributed by atoms with E-state index in [1.54, 1.807) is 18.3 Å². The van der Waals surface area contributed by atoms with Crippen molar-refractivity contribution >= 4 is 11.7 Å². The van der Waals surface area contributed by atoms with E-state index in [0.29, 0.717) is 5.56 Å². The predicted octanol–water partition coefficient (Wildman–Crippen LogP) is 1.86. The Morgan fingerprint density at radius 1 is 1.39 bits per heavy atom. The van der Waals surface area contributed by atoms with E-state index < -0.39 is 0 Å². The van der Waals surface area contributed by atoms with Crippen molar-refractivity contribution in [2.75, 3.05) is 19.0 Å². The maximum atomic E-state index is 12.4. The van der Waals surface area contributed by atoms with Gasteiger partial charge in [0.1, 0.15) is 5.82 Å². The standard InChI is InChI=1S/C17H25N5O/c1-11(9-15-12(2)20-22(6)13(15)3)19-17(23)14-7-8-18-16(10-14)21(4)5/h7-8,10-11H,9H2,1-6H3,(H,19,23)/t11-/m0/s1. The monoisotopic (exact) mass is 315 g/mol. The summed E-state index contributed by atoms with van der Waals surface area (Å²) in [7, 11) is 5.75. The van der Waals surface area contributed by atoms with Crippen LogP contribution in [0.2, 0.25) is 0 Å². The summed E-state index contributed by atoms with van der Waals surface area (Å²) in [6.45, 7) is 6.07. The number of aromatic nitrogens is 3.